The third-order valence-electron chi connectivity index (χ3n) is 5.33. The summed E-state index contributed by atoms with van der Waals surface area (Å²) in [7, 11) is 0. The van der Waals surface area contributed by atoms with Gasteiger partial charge in [-0.2, -0.15) is 4.98 Å². The van der Waals surface area contributed by atoms with Gasteiger partial charge in [0.2, 0.25) is 0 Å². The van der Waals surface area contributed by atoms with E-state index in [-0.39, 0.29) is 5.78 Å². The van der Waals surface area contributed by atoms with E-state index in [2.05, 4.69) is 20.1 Å². The highest BCUT2D eigenvalue weighted by molar-refractivity contribution is 6.01. The number of esters is 1. The second kappa shape index (κ2) is 10.3. The number of Topliss-reactive ketones (excluding diaryl/α,β-unsaturated/α-hetero) is 1. The summed E-state index contributed by atoms with van der Waals surface area (Å²) in [6, 6.07) is -2.38. The minimum Gasteiger partial charge on any atom is -0.458 e. The number of pyridine rings is 1. The van der Waals surface area contributed by atoms with Crippen molar-refractivity contribution in [1.82, 2.24) is 24.6 Å². The number of nitrogens with zero attached hydrogens (tertiary/aromatic N) is 5. The van der Waals surface area contributed by atoms with E-state index >= 15 is 0 Å². The summed E-state index contributed by atoms with van der Waals surface area (Å²) in [5.74, 6) is -13.2. The molecule has 4 heterocycles. The molecule has 1 aliphatic carbocycles. The summed E-state index contributed by atoms with van der Waals surface area (Å²) in [5, 5.41) is 3.95. The van der Waals surface area contributed by atoms with Crippen molar-refractivity contribution in [3.05, 3.63) is 52.3 Å². The van der Waals surface area contributed by atoms with Crippen LogP contribution in [0.3, 0.4) is 0 Å². The number of carbonyl (C=O) groups excluding carboxylic acids is 2. The lowest BCUT2D eigenvalue weighted by Crippen LogP contribution is -2.52. The van der Waals surface area contributed by atoms with E-state index in [0.717, 1.165) is 4.52 Å². The van der Waals surface area contributed by atoms with Crippen molar-refractivity contribution in [3.8, 4) is 0 Å². The molecule has 37 heavy (non-hydrogen) atoms. The standard InChI is InChI=1S/C29H37N5O3/c1-5-22-14-20(15-23(6-2)31-22)11-12-29(21-9-7-8-10-21)17-25(35)24(27(36)37-29)16-26-32-28-30-18(3)13-19(4)34(28)33-26/h13-15,21,24H,5-12,16-17H2,1-4H3/t24?,29-/m1/s1/i1D3,2D3,5D2,6D2,7D2,8D2,9D2,10D2,11D2,12D2,14D,15D,16D2,21D. The van der Waals surface area contributed by atoms with Gasteiger partial charge in [-0.1, -0.05) is 26.4 Å². The van der Waals surface area contributed by atoms with Crippen molar-refractivity contribution in [2.24, 2.45) is 11.8 Å². The van der Waals surface area contributed by atoms with Crippen molar-refractivity contribution >= 4 is 17.5 Å². The SMILES string of the molecule is [2H]c1c(C([2H])([2H])C([2H])([2H])[2H])nc(C([2H])([2H])C([2H])([2H])[2H])c([2H])c1C([2H])([2H])C([2H])([2H])[C@]1(C2([2H])C([2H])([2H])C([2H])([2H])C([2H])([2H])C2([2H])[2H])CC(=O)C(C([2H])([2H])c2nc3nc(C)cc(C)n3n2)C(=O)O1. The number of fused-ring (bicyclic) bond motifs is 1. The van der Waals surface area contributed by atoms with Gasteiger partial charge in [-0.15, -0.1) is 5.10 Å². The van der Waals surface area contributed by atoms with Crippen LogP contribution in [0.15, 0.2) is 18.2 Å². The van der Waals surface area contributed by atoms with Crippen LogP contribution in [0.4, 0.5) is 0 Å². The first-order chi connectivity index (χ1) is 28.2. The minimum absolute atomic E-state index is 0.270. The number of aromatic nitrogens is 5. The number of hydrogen-bond acceptors (Lipinski definition) is 7. The molecule has 5 rings (SSSR count). The number of carbonyl (C=O) groups is 2. The van der Waals surface area contributed by atoms with E-state index < -0.39 is 142 Å². The van der Waals surface area contributed by atoms with Crippen LogP contribution in [0, 0.1) is 25.7 Å². The summed E-state index contributed by atoms with van der Waals surface area (Å²) in [6.07, 6.45) is -41.1. The molecule has 196 valence electrons. The molecule has 1 aliphatic heterocycles. The maximum absolute atomic E-state index is 14.5. The van der Waals surface area contributed by atoms with Crippen LogP contribution in [0.25, 0.3) is 5.78 Å². The van der Waals surface area contributed by atoms with Crippen LogP contribution in [0.1, 0.15) is 123 Å². The van der Waals surface area contributed by atoms with Crippen LogP contribution < -0.4 is 0 Å². The molecule has 1 saturated carbocycles. The van der Waals surface area contributed by atoms with E-state index in [0.29, 0.717) is 11.4 Å². The Morgan fingerprint density at radius 1 is 1.19 bits per heavy atom. The number of ketones is 1. The molecule has 0 bridgehead atoms. The number of cyclic esters (lactones) is 1. The zero-order valence-electron chi connectivity index (χ0n) is 46.3. The molecule has 2 atom stereocenters. The maximum Gasteiger partial charge on any atom is 0.317 e. The molecular weight excluding hydrogens is 466 g/mol. The first kappa shape index (κ1) is 8.68. The highest BCUT2D eigenvalue weighted by Crippen LogP contribution is 2.45. The molecule has 3 aromatic rings. The summed E-state index contributed by atoms with van der Waals surface area (Å²) < 4.78 is 237. The number of hydrogen-bond donors (Lipinski definition) is 0. The van der Waals surface area contributed by atoms with Crippen LogP contribution in [-0.2, 0) is 39.8 Å². The third-order valence-corrected chi connectivity index (χ3v) is 5.33. The summed E-state index contributed by atoms with van der Waals surface area (Å²) >= 11 is 0. The van der Waals surface area contributed by atoms with Crippen LogP contribution in [0.2, 0.25) is 0 Å². The average Bonchev–Trinajstić information content (AvgIpc) is 3.56. The van der Waals surface area contributed by atoms with Gasteiger partial charge in [-0.05, 0) is 81.7 Å². The van der Waals surface area contributed by atoms with E-state index in [4.69, 9.17) is 34.9 Å². The first-order valence-electron chi connectivity index (χ1n) is 24.2. The van der Waals surface area contributed by atoms with Crippen molar-refractivity contribution in [2.45, 2.75) is 96.9 Å². The van der Waals surface area contributed by atoms with Gasteiger partial charge in [-0.25, -0.2) is 9.50 Å². The van der Waals surface area contributed by atoms with Gasteiger partial charge in [-0.3, -0.25) is 14.6 Å². The molecule has 1 saturated heterocycles. The molecule has 2 aliphatic rings. The molecular formula is C29H37N5O3. The fourth-order valence-electron chi connectivity index (χ4n) is 3.71. The lowest BCUT2D eigenvalue weighted by atomic mass is 9.73. The lowest BCUT2D eigenvalue weighted by Gasteiger charge is -2.43. The van der Waals surface area contributed by atoms with Gasteiger partial charge in [0, 0.05) is 69.8 Å². The highest BCUT2D eigenvalue weighted by atomic mass is 16.6. The molecule has 0 N–H and O–H groups in total. The molecule has 8 nitrogen and oxygen atoms in total. The predicted octanol–water partition coefficient (Wildman–Crippen LogP) is 4.50. The van der Waals surface area contributed by atoms with E-state index in [9.17, 15) is 16.4 Å². The van der Waals surface area contributed by atoms with E-state index in [1.807, 2.05) is 0 Å². The Hall–Kier alpha value is -3.16. The molecule has 2 fully saturated rings. The Balaban J connectivity index is 1.92. The van der Waals surface area contributed by atoms with Crippen molar-refractivity contribution in [1.29, 1.82) is 0 Å². The Labute approximate surface area is 256 Å². The van der Waals surface area contributed by atoms with Crippen molar-refractivity contribution < 1.29 is 51.3 Å². The van der Waals surface area contributed by atoms with Gasteiger partial charge < -0.3 is 4.74 Å². The summed E-state index contributed by atoms with van der Waals surface area (Å²) in [5.41, 5.74) is -9.74. The molecule has 0 radical (unpaired) electrons. The molecule has 8 heteroatoms. The third kappa shape index (κ3) is 5.15. The Morgan fingerprint density at radius 2 is 1.92 bits per heavy atom. The number of rotatable bonds is 8. The van der Waals surface area contributed by atoms with E-state index in [1.54, 1.807) is 0 Å². The number of aryl methyl sites for hydroxylation is 4. The monoisotopic (exact) mass is 530 g/mol. The summed E-state index contributed by atoms with van der Waals surface area (Å²) in [6.45, 7) is -4.86. The van der Waals surface area contributed by atoms with Crippen LogP contribution in [0.5, 0.6) is 0 Å². The Kier molecular flexibility index (Phi) is 2.42. The fraction of sp³-hybridized carbons (Fsp3) is 0.586. The van der Waals surface area contributed by atoms with Gasteiger partial charge >= 0.3 is 5.97 Å². The normalized spacial score (nSPS) is 42.3. The quantitative estimate of drug-likeness (QED) is 0.312. The van der Waals surface area contributed by atoms with E-state index in [1.165, 1.54) is 19.9 Å². The second-order valence-electron chi connectivity index (χ2n) is 7.96. The smallest absolute Gasteiger partial charge is 0.317 e. The highest BCUT2D eigenvalue weighted by Gasteiger charge is 2.51. The van der Waals surface area contributed by atoms with Gasteiger partial charge in [0.15, 0.2) is 11.6 Å². The summed E-state index contributed by atoms with van der Waals surface area (Å²) in [4.78, 5) is 40.2. The lowest BCUT2D eigenvalue weighted by molar-refractivity contribution is -0.185. The molecule has 0 spiro atoms. The largest absolute Gasteiger partial charge is 0.458 e. The van der Waals surface area contributed by atoms with Crippen molar-refractivity contribution in [3.63, 3.8) is 0 Å². The van der Waals surface area contributed by atoms with Crippen molar-refractivity contribution in [2.75, 3.05) is 0 Å². The zero-order chi connectivity index (χ0) is 50.0. The van der Waals surface area contributed by atoms with Gasteiger partial charge in [0.05, 0.1) is 2.74 Å². The minimum atomic E-state index is -4.91. The maximum atomic E-state index is 14.5. The van der Waals surface area contributed by atoms with Gasteiger partial charge in [0.1, 0.15) is 11.5 Å². The topological polar surface area (TPSA) is 99.3 Å². The second-order valence-corrected chi connectivity index (χ2v) is 7.96. The van der Waals surface area contributed by atoms with Crippen LogP contribution in [-0.4, -0.2) is 41.9 Å². The van der Waals surface area contributed by atoms with Crippen LogP contribution >= 0.6 is 0 Å². The Bertz CT molecular complexity index is 2360. The first-order valence-corrected chi connectivity index (χ1v) is 10.7. The molecule has 1 unspecified atom stereocenters. The van der Waals surface area contributed by atoms with Gasteiger partial charge in [0.25, 0.3) is 5.78 Å². The predicted molar refractivity (Wildman–Crippen MR) is 139 cm³/mol. The molecule has 0 amide bonds. The number of ether oxygens (including phenoxy) is 1. The molecule has 3 aromatic heterocycles. The molecule has 0 aromatic carbocycles. The Morgan fingerprint density at radius 3 is 2.59 bits per heavy atom. The zero-order valence-corrected chi connectivity index (χ0v) is 19.3. The fourth-order valence-corrected chi connectivity index (χ4v) is 3.71. The average molecular weight is 531 g/mol.